The van der Waals surface area contributed by atoms with E-state index in [4.69, 9.17) is 0 Å². The number of aryl methyl sites for hydroxylation is 1. The number of nitrogens with zero attached hydrogens (tertiary/aromatic N) is 3. The van der Waals surface area contributed by atoms with Gasteiger partial charge in [0.25, 0.3) is 5.91 Å². The molecule has 1 aliphatic rings. The molecule has 0 atom stereocenters. The Labute approximate surface area is 120 Å². The standard InChI is InChI=1S/C14H16N4O3/c1-2-18-11-5-4-9(8-10(11)16-17-18)12(19)15-14(13(20)21)6-3-7-14/h4-5,8H,2-3,6-7H2,1H3,(H,15,19)(H,20,21). The van der Waals surface area contributed by atoms with Crippen molar-refractivity contribution in [1.29, 1.82) is 0 Å². The van der Waals surface area contributed by atoms with Crippen LogP contribution in [0.25, 0.3) is 11.0 Å². The number of carbonyl (C=O) groups is 2. The largest absolute Gasteiger partial charge is 0.480 e. The van der Waals surface area contributed by atoms with Crippen LogP contribution in [0.5, 0.6) is 0 Å². The SMILES string of the molecule is CCn1nnc2cc(C(=O)NC3(C(=O)O)CCC3)ccc21. The highest BCUT2D eigenvalue weighted by atomic mass is 16.4. The Kier molecular flexibility index (Phi) is 3.12. The van der Waals surface area contributed by atoms with Crippen molar-refractivity contribution >= 4 is 22.9 Å². The summed E-state index contributed by atoms with van der Waals surface area (Å²) in [6.07, 6.45) is 1.76. The van der Waals surface area contributed by atoms with Crippen LogP contribution in [0, 0.1) is 0 Å². The van der Waals surface area contributed by atoms with E-state index in [1.165, 1.54) is 0 Å². The highest BCUT2D eigenvalue weighted by Crippen LogP contribution is 2.32. The van der Waals surface area contributed by atoms with Gasteiger partial charge in [0.15, 0.2) is 0 Å². The zero-order valence-corrected chi connectivity index (χ0v) is 11.7. The van der Waals surface area contributed by atoms with Crippen LogP contribution in [-0.4, -0.2) is 37.5 Å². The second-order valence-electron chi connectivity index (χ2n) is 5.30. The van der Waals surface area contributed by atoms with Crippen LogP contribution in [0.2, 0.25) is 0 Å². The topological polar surface area (TPSA) is 97.1 Å². The summed E-state index contributed by atoms with van der Waals surface area (Å²) >= 11 is 0. The number of carbonyl (C=O) groups excluding carboxylic acids is 1. The first-order chi connectivity index (χ1) is 10.1. The van der Waals surface area contributed by atoms with Gasteiger partial charge in [-0.3, -0.25) is 4.79 Å². The van der Waals surface area contributed by atoms with Crippen LogP contribution < -0.4 is 5.32 Å². The van der Waals surface area contributed by atoms with Gasteiger partial charge < -0.3 is 10.4 Å². The third-order valence-corrected chi connectivity index (χ3v) is 4.04. The summed E-state index contributed by atoms with van der Waals surface area (Å²) in [7, 11) is 0. The summed E-state index contributed by atoms with van der Waals surface area (Å²) < 4.78 is 1.74. The lowest BCUT2D eigenvalue weighted by molar-refractivity contribution is -0.148. The van der Waals surface area contributed by atoms with E-state index in [-0.39, 0.29) is 5.91 Å². The maximum atomic E-state index is 12.2. The maximum Gasteiger partial charge on any atom is 0.329 e. The smallest absolute Gasteiger partial charge is 0.329 e. The fourth-order valence-corrected chi connectivity index (χ4v) is 2.56. The first-order valence-corrected chi connectivity index (χ1v) is 6.95. The third kappa shape index (κ3) is 2.14. The van der Waals surface area contributed by atoms with Crippen molar-refractivity contribution in [2.75, 3.05) is 0 Å². The second-order valence-corrected chi connectivity index (χ2v) is 5.30. The van der Waals surface area contributed by atoms with Crippen molar-refractivity contribution in [2.24, 2.45) is 0 Å². The lowest BCUT2D eigenvalue weighted by atomic mass is 9.76. The second kappa shape index (κ2) is 4.83. The Bertz CT molecular complexity index is 718. The van der Waals surface area contributed by atoms with Gasteiger partial charge in [-0.05, 0) is 44.4 Å². The predicted molar refractivity (Wildman–Crippen MR) is 74.9 cm³/mol. The van der Waals surface area contributed by atoms with Crippen LogP contribution in [0.3, 0.4) is 0 Å². The zero-order chi connectivity index (χ0) is 15.0. The number of nitrogens with one attached hydrogen (secondary N) is 1. The van der Waals surface area contributed by atoms with Crippen molar-refractivity contribution in [3.8, 4) is 0 Å². The Morgan fingerprint density at radius 3 is 2.76 bits per heavy atom. The number of hydrogen-bond donors (Lipinski definition) is 2. The van der Waals surface area contributed by atoms with E-state index in [1.54, 1.807) is 22.9 Å². The average molecular weight is 288 g/mol. The minimum absolute atomic E-state index is 0.384. The van der Waals surface area contributed by atoms with Crippen molar-refractivity contribution < 1.29 is 14.7 Å². The Hall–Kier alpha value is -2.44. The van der Waals surface area contributed by atoms with Crippen molar-refractivity contribution in [3.63, 3.8) is 0 Å². The van der Waals surface area contributed by atoms with Gasteiger partial charge >= 0.3 is 5.97 Å². The van der Waals surface area contributed by atoms with Gasteiger partial charge in [0.05, 0.1) is 5.52 Å². The average Bonchev–Trinajstić information content (AvgIpc) is 2.84. The fraction of sp³-hybridized carbons (Fsp3) is 0.429. The van der Waals surface area contributed by atoms with E-state index in [1.807, 2.05) is 6.92 Å². The predicted octanol–water partition coefficient (Wildman–Crippen LogP) is 1.19. The summed E-state index contributed by atoms with van der Waals surface area (Å²) in [5, 5.41) is 19.9. The number of rotatable bonds is 4. The maximum absolute atomic E-state index is 12.2. The van der Waals surface area contributed by atoms with Gasteiger partial charge in [0.1, 0.15) is 11.1 Å². The van der Waals surface area contributed by atoms with Crippen LogP contribution in [0.15, 0.2) is 18.2 Å². The van der Waals surface area contributed by atoms with E-state index in [0.717, 1.165) is 11.9 Å². The van der Waals surface area contributed by atoms with E-state index in [9.17, 15) is 14.7 Å². The van der Waals surface area contributed by atoms with Crippen LogP contribution in [0.4, 0.5) is 0 Å². The van der Waals surface area contributed by atoms with Gasteiger partial charge in [-0.1, -0.05) is 5.21 Å². The van der Waals surface area contributed by atoms with Gasteiger partial charge in [0, 0.05) is 12.1 Å². The molecular formula is C14H16N4O3. The Morgan fingerprint density at radius 1 is 1.43 bits per heavy atom. The number of aliphatic carboxylic acids is 1. The van der Waals surface area contributed by atoms with Crippen LogP contribution >= 0.6 is 0 Å². The molecule has 1 aromatic heterocycles. The number of carboxylic acids is 1. The molecule has 0 bridgehead atoms. The fourth-order valence-electron chi connectivity index (χ4n) is 2.56. The van der Waals surface area contributed by atoms with Crippen molar-refractivity contribution in [2.45, 2.75) is 38.3 Å². The van der Waals surface area contributed by atoms with E-state index in [0.29, 0.717) is 30.5 Å². The summed E-state index contributed by atoms with van der Waals surface area (Å²) in [5.74, 6) is -1.36. The van der Waals surface area contributed by atoms with E-state index in [2.05, 4.69) is 15.6 Å². The third-order valence-electron chi connectivity index (χ3n) is 4.04. The molecule has 3 rings (SSSR count). The highest BCUT2D eigenvalue weighted by molar-refractivity contribution is 6.00. The molecule has 1 fully saturated rings. The number of benzene rings is 1. The molecule has 0 unspecified atom stereocenters. The molecule has 7 heteroatoms. The van der Waals surface area contributed by atoms with Crippen LogP contribution in [0.1, 0.15) is 36.5 Å². The number of fused-ring (bicyclic) bond motifs is 1. The quantitative estimate of drug-likeness (QED) is 0.880. The van der Waals surface area contributed by atoms with E-state index < -0.39 is 11.5 Å². The molecule has 110 valence electrons. The summed E-state index contributed by atoms with van der Waals surface area (Å²) in [4.78, 5) is 23.5. The monoisotopic (exact) mass is 288 g/mol. The normalized spacial score (nSPS) is 16.4. The molecule has 1 heterocycles. The molecule has 0 saturated heterocycles. The van der Waals surface area contributed by atoms with Gasteiger partial charge in [-0.2, -0.15) is 0 Å². The highest BCUT2D eigenvalue weighted by Gasteiger charge is 2.45. The van der Waals surface area contributed by atoms with Gasteiger partial charge in [-0.25, -0.2) is 9.48 Å². The number of hydrogen-bond acceptors (Lipinski definition) is 4. The zero-order valence-electron chi connectivity index (χ0n) is 11.7. The molecular weight excluding hydrogens is 272 g/mol. The lowest BCUT2D eigenvalue weighted by Gasteiger charge is -2.38. The molecule has 0 aliphatic heterocycles. The first-order valence-electron chi connectivity index (χ1n) is 6.95. The molecule has 7 nitrogen and oxygen atoms in total. The molecule has 0 radical (unpaired) electrons. The summed E-state index contributed by atoms with van der Waals surface area (Å²) in [6, 6.07) is 5.08. The van der Waals surface area contributed by atoms with Gasteiger partial charge in [0.2, 0.25) is 0 Å². The molecule has 2 N–H and O–H groups in total. The number of carboxylic acid groups (broad SMARTS) is 1. The van der Waals surface area contributed by atoms with Crippen molar-refractivity contribution in [1.82, 2.24) is 20.3 Å². The molecule has 1 aliphatic carbocycles. The number of aromatic nitrogens is 3. The molecule has 0 spiro atoms. The lowest BCUT2D eigenvalue weighted by Crippen LogP contribution is -2.59. The molecule has 21 heavy (non-hydrogen) atoms. The molecule has 2 aromatic rings. The number of amides is 1. The minimum Gasteiger partial charge on any atom is -0.480 e. The van der Waals surface area contributed by atoms with Crippen LogP contribution in [-0.2, 0) is 11.3 Å². The Balaban J connectivity index is 1.86. The van der Waals surface area contributed by atoms with E-state index >= 15 is 0 Å². The van der Waals surface area contributed by atoms with Gasteiger partial charge in [-0.15, -0.1) is 5.10 Å². The summed E-state index contributed by atoms with van der Waals surface area (Å²) in [5.41, 5.74) is 0.777. The van der Waals surface area contributed by atoms with Crippen molar-refractivity contribution in [3.05, 3.63) is 23.8 Å². The molecule has 1 amide bonds. The first kappa shape index (κ1) is 13.5. The summed E-state index contributed by atoms with van der Waals surface area (Å²) in [6.45, 7) is 2.66. The molecule has 1 aromatic carbocycles. The Morgan fingerprint density at radius 2 is 2.19 bits per heavy atom. The minimum atomic E-state index is -1.10. The molecule has 1 saturated carbocycles.